The fourth-order valence-electron chi connectivity index (χ4n) is 0.631. The van der Waals surface area contributed by atoms with Crippen molar-refractivity contribution in [3.05, 3.63) is 18.0 Å². The summed E-state index contributed by atoms with van der Waals surface area (Å²) >= 11 is 0. The van der Waals surface area contributed by atoms with E-state index in [9.17, 15) is 17.6 Å². The Bertz CT molecular complexity index is 252. The lowest BCUT2D eigenvalue weighted by atomic mass is 10.4. The third-order valence-corrected chi connectivity index (χ3v) is 1.03. The van der Waals surface area contributed by atoms with Crippen molar-refractivity contribution in [2.75, 3.05) is 0 Å². The van der Waals surface area contributed by atoms with Crippen molar-refractivity contribution in [1.29, 1.82) is 0 Å². The number of hydrogen-bond acceptors (Lipinski definition) is 1. The lowest BCUT2D eigenvalue weighted by Gasteiger charge is -2.04. The lowest BCUT2D eigenvalue weighted by Crippen LogP contribution is -2.18. The summed E-state index contributed by atoms with van der Waals surface area (Å²) in [5.41, 5.74) is -0.0979. The molecule has 2 radical (unpaired) electrons. The Kier molecular flexibility index (Phi) is 2.35. The highest BCUT2D eigenvalue weighted by Gasteiger charge is 2.28. The third-order valence-electron chi connectivity index (χ3n) is 1.03. The van der Waals surface area contributed by atoms with Crippen LogP contribution in [0.4, 0.5) is 17.6 Å². The number of halogens is 4. The van der Waals surface area contributed by atoms with Crippen LogP contribution in [0.25, 0.3) is 0 Å². The van der Waals surface area contributed by atoms with Gasteiger partial charge in [-0.2, -0.15) is 18.3 Å². The van der Waals surface area contributed by atoms with E-state index in [4.69, 9.17) is 0 Å². The van der Waals surface area contributed by atoms with E-state index in [2.05, 4.69) is 17.5 Å². The Morgan fingerprint density at radius 3 is 2.50 bits per heavy atom. The van der Waals surface area contributed by atoms with Gasteiger partial charge in [0, 0.05) is 5.56 Å². The van der Waals surface area contributed by atoms with E-state index in [1.54, 1.807) is 0 Å². The maximum absolute atomic E-state index is 11.8. The Hall–Kier alpha value is -1.07. The van der Waals surface area contributed by atoms with Gasteiger partial charge in [0.2, 0.25) is 0 Å². The van der Waals surface area contributed by atoms with Crippen molar-refractivity contribution in [2.45, 2.75) is 19.4 Å². The third kappa shape index (κ3) is 2.52. The Labute approximate surface area is 65.8 Å². The van der Waals surface area contributed by atoms with E-state index in [0.717, 1.165) is 0 Å². The zero-order chi connectivity index (χ0) is 9.19. The van der Waals surface area contributed by atoms with Gasteiger partial charge in [0.25, 0.3) is 0 Å². The summed E-state index contributed by atoms with van der Waals surface area (Å²) in [4.78, 5) is 0. The quantitative estimate of drug-likeness (QED) is 0.631. The average molecular weight is 180 g/mol. The fourth-order valence-corrected chi connectivity index (χ4v) is 0.631. The number of aromatic nitrogens is 2. The molecule has 0 atom stereocenters. The normalized spacial score (nSPS) is 12.0. The first kappa shape index (κ1) is 9.02. The largest absolute Gasteiger partial charge is 0.408 e. The standard InChI is InChI=1S/C6H4F4N2/c7-1-5-2-11-12(3-5)4-6(8,9)10/h1,4H2. The predicted molar refractivity (Wildman–Crippen MR) is 30.8 cm³/mol. The molecule has 0 fully saturated rings. The van der Waals surface area contributed by atoms with Gasteiger partial charge in [-0.1, -0.05) is 0 Å². The molecule has 0 saturated carbocycles. The zero-order valence-corrected chi connectivity index (χ0v) is 5.82. The van der Waals surface area contributed by atoms with E-state index in [-0.39, 0.29) is 5.56 Å². The van der Waals surface area contributed by atoms with Crippen molar-refractivity contribution in [3.8, 4) is 0 Å². The maximum Gasteiger partial charge on any atom is 0.408 e. The highest BCUT2D eigenvalue weighted by Crippen LogP contribution is 2.16. The molecule has 0 bridgehead atoms. The minimum atomic E-state index is -4.36. The van der Waals surface area contributed by atoms with Gasteiger partial charge in [0.15, 0.2) is 0 Å². The van der Waals surface area contributed by atoms with Gasteiger partial charge in [-0.15, -0.1) is 0 Å². The molecule has 0 amide bonds. The summed E-state index contributed by atoms with van der Waals surface area (Å²) in [6.45, 7) is -2.17. The Balaban J connectivity index is 2.64. The zero-order valence-electron chi connectivity index (χ0n) is 5.82. The second kappa shape index (κ2) is 3.12. The number of hydrogen-bond donors (Lipinski definition) is 0. The number of alkyl halides is 4. The second-order valence-electron chi connectivity index (χ2n) is 2.11. The van der Waals surface area contributed by atoms with Crippen LogP contribution in [-0.2, 0) is 13.2 Å². The molecule has 66 valence electrons. The van der Waals surface area contributed by atoms with E-state index < -0.39 is 19.4 Å². The molecule has 1 aromatic rings. The van der Waals surface area contributed by atoms with Crippen molar-refractivity contribution in [1.82, 2.24) is 9.78 Å². The molecule has 1 aromatic heterocycles. The molecule has 0 unspecified atom stereocenters. The molecule has 0 aliphatic heterocycles. The van der Waals surface area contributed by atoms with Gasteiger partial charge in [0.05, 0.1) is 6.20 Å². The summed E-state index contributed by atoms with van der Waals surface area (Å²) in [5, 5.41) is 3.15. The highest BCUT2D eigenvalue weighted by molar-refractivity contribution is 4.97. The monoisotopic (exact) mass is 180 g/mol. The van der Waals surface area contributed by atoms with Crippen LogP contribution in [0.5, 0.6) is 0 Å². The first-order chi connectivity index (χ1) is 5.51. The van der Waals surface area contributed by atoms with Crippen LogP contribution in [0.2, 0.25) is 0 Å². The van der Waals surface area contributed by atoms with Gasteiger partial charge in [0.1, 0.15) is 19.4 Å². The number of nitrogens with zero attached hydrogens (tertiary/aromatic N) is 2. The SMILES string of the molecule is FCc1[c]nn(CC(F)(F)F)[c]1. The molecule has 0 aliphatic carbocycles. The Morgan fingerprint density at radius 2 is 2.08 bits per heavy atom. The minimum absolute atomic E-state index is 0.0979. The predicted octanol–water partition coefficient (Wildman–Crippen LogP) is 1.52. The fraction of sp³-hybridized carbons (Fsp3) is 0.500. The first-order valence-electron chi connectivity index (χ1n) is 3.00. The molecule has 2 nitrogen and oxygen atoms in total. The molecule has 0 saturated heterocycles. The van der Waals surface area contributed by atoms with Crippen LogP contribution >= 0.6 is 0 Å². The summed E-state index contributed by atoms with van der Waals surface area (Å²) in [7, 11) is 0. The van der Waals surface area contributed by atoms with Gasteiger partial charge in [-0.25, -0.2) is 4.39 Å². The molecular formula is C6H4F4N2. The van der Waals surface area contributed by atoms with Gasteiger partial charge in [-0.05, 0) is 0 Å². The Morgan fingerprint density at radius 1 is 1.42 bits per heavy atom. The van der Waals surface area contributed by atoms with Crippen molar-refractivity contribution < 1.29 is 17.6 Å². The van der Waals surface area contributed by atoms with Crippen LogP contribution < -0.4 is 0 Å². The molecule has 0 aliphatic rings. The molecule has 0 spiro atoms. The van der Waals surface area contributed by atoms with Gasteiger partial charge >= 0.3 is 6.18 Å². The molecule has 0 N–H and O–H groups in total. The van der Waals surface area contributed by atoms with Crippen molar-refractivity contribution in [3.63, 3.8) is 0 Å². The minimum Gasteiger partial charge on any atom is -0.253 e. The first-order valence-corrected chi connectivity index (χ1v) is 3.00. The summed E-state index contributed by atoms with van der Waals surface area (Å²) in [6.07, 6.45) is -0.222. The van der Waals surface area contributed by atoms with E-state index in [1.807, 2.05) is 0 Å². The van der Waals surface area contributed by atoms with Crippen molar-refractivity contribution in [2.24, 2.45) is 0 Å². The lowest BCUT2D eigenvalue weighted by molar-refractivity contribution is -0.142. The molecule has 1 rings (SSSR count). The highest BCUT2D eigenvalue weighted by atomic mass is 19.4. The molecule has 12 heavy (non-hydrogen) atoms. The van der Waals surface area contributed by atoms with Gasteiger partial charge < -0.3 is 0 Å². The second-order valence-corrected chi connectivity index (χ2v) is 2.11. The van der Waals surface area contributed by atoms with Crippen LogP contribution in [-0.4, -0.2) is 16.0 Å². The summed E-state index contributed by atoms with van der Waals surface area (Å²) < 4.78 is 47.3. The van der Waals surface area contributed by atoms with E-state index >= 15 is 0 Å². The van der Waals surface area contributed by atoms with Crippen molar-refractivity contribution >= 4 is 0 Å². The summed E-state index contributed by atoms with van der Waals surface area (Å²) in [5.74, 6) is 0. The topological polar surface area (TPSA) is 17.8 Å². The molecule has 0 aromatic carbocycles. The summed E-state index contributed by atoms with van der Waals surface area (Å²) in [6, 6.07) is 0. The van der Waals surface area contributed by atoms with Crippen LogP contribution in [0.3, 0.4) is 0 Å². The van der Waals surface area contributed by atoms with Crippen LogP contribution in [0.15, 0.2) is 0 Å². The molecule has 1 heterocycles. The smallest absolute Gasteiger partial charge is 0.253 e. The van der Waals surface area contributed by atoms with E-state index in [1.165, 1.54) is 0 Å². The number of rotatable bonds is 2. The average Bonchev–Trinajstić information content (AvgIpc) is 2.32. The molecule has 6 heteroatoms. The van der Waals surface area contributed by atoms with E-state index in [0.29, 0.717) is 4.68 Å². The van der Waals surface area contributed by atoms with Crippen LogP contribution in [0, 0.1) is 12.4 Å². The molecular weight excluding hydrogens is 176 g/mol. The van der Waals surface area contributed by atoms with Crippen LogP contribution in [0.1, 0.15) is 5.56 Å². The van der Waals surface area contributed by atoms with Gasteiger partial charge in [-0.3, -0.25) is 4.68 Å². The maximum atomic E-state index is 11.8.